The highest BCUT2D eigenvalue weighted by Crippen LogP contribution is 2.43. The van der Waals surface area contributed by atoms with Crippen molar-refractivity contribution in [1.29, 1.82) is 0 Å². The highest BCUT2D eigenvalue weighted by atomic mass is 32.2. The highest BCUT2D eigenvalue weighted by molar-refractivity contribution is 7.99. The molecule has 2 amide bonds. The molecule has 8 heteroatoms. The fourth-order valence-electron chi connectivity index (χ4n) is 3.86. The lowest BCUT2D eigenvalue weighted by atomic mass is 10.1. The summed E-state index contributed by atoms with van der Waals surface area (Å²) in [5.74, 6) is -0.353. The Labute approximate surface area is 208 Å². The quantitative estimate of drug-likeness (QED) is 0.476. The standard InChI is InChI=1S/C27H26N2O5S/c1-2-33-23-14-8-6-12-20(23)27(32)28-16-26(31)34-17-25(30)29-21-13-7-9-15-24(21)35-18-22(29)19-10-4-3-5-11-19/h3-15,22H,2,16-18H2,1H3,(H,28,32). The van der Waals surface area contributed by atoms with Crippen LogP contribution in [0.4, 0.5) is 5.69 Å². The molecule has 0 saturated carbocycles. The van der Waals surface area contributed by atoms with Crippen LogP contribution < -0.4 is 15.0 Å². The van der Waals surface area contributed by atoms with Crippen LogP contribution in [0.3, 0.4) is 0 Å². The average molecular weight is 491 g/mol. The van der Waals surface area contributed by atoms with E-state index in [0.717, 1.165) is 16.1 Å². The molecule has 0 spiro atoms. The monoisotopic (exact) mass is 490 g/mol. The SMILES string of the molecule is CCOc1ccccc1C(=O)NCC(=O)OCC(=O)N1c2ccccc2SCC1c1ccccc1. The van der Waals surface area contributed by atoms with Gasteiger partial charge in [0.15, 0.2) is 6.61 Å². The Morgan fingerprint density at radius 2 is 1.69 bits per heavy atom. The van der Waals surface area contributed by atoms with Crippen LogP contribution in [0.15, 0.2) is 83.8 Å². The van der Waals surface area contributed by atoms with E-state index in [4.69, 9.17) is 9.47 Å². The Morgan fingerprint density at radius 3 is 2.49 bits per heavy atom. The number of nitrogens with zero attached hydrogens (tertiary/aromatic N) is 1. The molecule has 7 nitrogen and oxygen atoms in total. The lowest BCUT2D eigenvalue weighted by molar-refractivity contribution is -0.146. The van der Waals surface area contributed by atoms with Gasteiger partial charge < -0.3 is 14.8 Å². The molecule has 1 aliphatic rings. The molecule has 1 heterocycles. The number of carbonyl (C=O) groups excluding carboxylic acids is 3. The molecular formula is C27H26N2O5S. The van der Waals surface area contributed by atoms with Crippen molar-refractivity contribution < 1.29 is 23.9 Å². The van der Waals surface area contributed by atoms with E-state index in [1.165, 1.54) is 0 Å². The maximum atomic E-state index is 13.3. The third-order valence-corrected chi connectivity index (χ3v) is 6.61. The summed E-state index contributed by atoms with van der Waals surface area (Å²) in [7, 11) is 0. The molecule has 3 aromatic carbocycles. The second kappa shape index (κ2) is 11.6. The molecule has 1 unspecified atom stereocenters. The van der Waals surface area contributed by atoms with Gasteiger partial charge in [-0.25, -0.2) is 0 Å². The molecule has 35 heavy (non-hydrogen) atoms. The normalized spacial score (nSPS) is 14.5. The number of para-hydroxylation sites is 2. The summed E-state index contributed by atoms with van der Waals surface area (Å²) in [6, 6.07) is 24.1. The molecule has 1 N–H and O–H groups in total. The van der Waals surface area contributed by atoms with Crippen LogP contribution in [-0.4, -0.2) is 43.3 Å². The van der Waals surface area contributed by atoms with E-state index >= 15 is 0 Å². The summed E-state index contributed by atoms with van der Waals surface area (Å²) in [6.07, 6.45) is 0. The molecule has 3 aromatic rings. The number of thioether (sulfide) groups is 1. The Balaban J connectivity index is 1.39. The van der Waals surface area contributed by atoms with Crippen LogP contribution in [0.5, 0.6) is 5.75 Å². The third kappa shape index (κ3) is 5.84. The minimum atomic E-state index is -0.698. The second-order valence-electron chi connectivity index (χ2n) is 7.74. The first-order chi connectivity index (χ1) is 17.1. The summed E-state index contributed by atoms with van der Waals surface area (Å²) in [5, 5.41) is 2.53. The molecule has 4 rings (SSSR count). The van der Waals surface area contributed by atoms with E-state index in [1.54, 1.807) is 40.9 Å². The number of nitrogens with one attached hydrogen (secondary N) is 1. The maximum absolute atomic E-state index is 13.3. The predicted octanol–water partition coefficient (Wildman–Crippen LogP) is 4.24. The number of rotatable bonds is 8. The van der Waals surface area contributed by atoms with Crippen molar-refractivity contribution in [3.63, 3.8) is 0 Å². The van der Waals surface area contributed by atoms with Gasteiger partial charge in [-0.15, -0.1) is 11.8 Å². The number of carbonyl (C=O) groups is 3. The van der Waals surface area contributed by atoms with Crippen molar-refractivity contribution in [3.8, 4) is 5.75 Å². The van der Waals surface area contributed by atoms with Gasteiger partial charge in [-0.2, -0.15) is 0 Å². The van der Waals surface area contributed by atoms with Gasteiger partial charge in [0.2, 0.25) is 0 Å². The zero-order valence-corrected chi connectivity index (χ0v) is 20.1. The van der Waals surface area contributed by atoms with E-state index in [0.29, 0.717) is 23.7 Å². The lowest BCUT2D eigenvalue weighted by Gasteiger charge is -2.37. The predicted molar refractivity (Wildman–Crippen MR) is 135 cm³/mol. The topological polar surface area (TPSA) is 84.9 Å². The van der Waals surface area contributed by atoms with Gasteiger partial charge in [0.05, 0.1) is 23.9 Å². The number of amides is 2. The number of esters is 1. The number of hydrogen-bond donors (Lipinski definition) is 1. The molecule has 0 bridgehead atoms. The first kappa shape index (κ1) is 24.3. The largest absolute Gasteiger partial charge is 0.493 e. The second-order valence-corrected chi connectivity index (χ2v) is 8.80. The molecule has 0 radical (unpaired) electrons. The van der Waals surface area contributed by atoms with Crippen LogP contribution in [0.1, 0.15) is 28.9 Å². The number of fused-ring (bicyclic) bond motifs is 1. The smallest absolute Gasteiger partial charge is 0.325 e. The van der Waals surface area contributed by atoms with E-state index < -0.39 is 18.5 Å². The molecule has 0 fully saturated rings. The molecule has 180 valence electrons. The molecule has 1 atom stereocenters. The minimum absolute atomic E-state index is 0.183. The van der Waals surface area contributed by atoms with Gasteiger partial charge in [0, 0.05) is 10.6 Å². The number of hydrogen-bond acceptors (Lipinski definition) is 6. The van der Waals surface area contributed by atoms with E-state index in [-0.39, 0.29) is 18.5 Å². The summed E-state index contributed by atoms with van der Waals surface area (Å²) >= 11 is 1.69. The minimum Gasteiger partial charge on any atom is -0.493 e. The van der Waals surface area contributed by atoms with Crippen molar-refractivity contribution in [2.24, 2.45) is 0 Å². The van der Waals surface area contributed by atoms with Crippen molar-refractivity contribution in [2.45, 2.75) is 17.9 Å². The van der Waals surface area contributed by atoms with Gasteiger partial charge in [-0.05, 0) is 36.8 Å². The first-order valence-electron chi connectivity index (χ1n) is 11.3. The lowest BCUT2D eigenvalue weighted by Crippen LogP contribution is -2.41. The van der Waals surface area contributed by atoms with Crippen LogP contribution in [-0.2, 0) is 14.3 Å². The van der Waals surface area contributed by atoms with E-state index in [9.17, 15) is 14.4 Å². The van der Waals surface area contributed by atoms with Gasteiger partial charge in [-0.3, -0.25) is 19.3 Å². The molecule has 1 aliphatic heterocycles. The van der Waals surface area contributed by atoms with Crippen LogP contribution >= 0.6 is 11.8 Å². The number of benzene rings is 3. The molecule has 0 saturated heterocycles. The summed E-state index contributed by atoms with van der Waals surface area (Å²) in [6.45, 7) is 1.45. The Bertz CT molecular complexity index is 1200. The fourth-order valence-corrected chi connectivity index (χ4v) is 5.03. The van der Waals surface area contributed by atoms with Crippen molar-refractivity contribution >= 4 is 35.2 Å². The summed E-state index contributed by atoms with van der Waals surface area (Å²) in [5.41, 5.74) is 2.13. The number of ether oxygens (including phenoxy) is 2. The first-order valence-corrected chi connectivity index (χ1v) is 12.3. The van der Waals surface area contributed by atoms with Crippen LogP contribution in [0.25, 0.3) is 0 Å². The summed E-state index contributed by atoms with van der Waals surface area (Å²) < 4.78 is 10.7. The van der Waals surface area contributed by atoms with Crippen molar-refractivity contribution in [2.75, 3.05) is 30.4 Å². The van der Waals surface area contributed by atoms with Gasteiger partial charge in [0.25, 0.3) is 11.8 Å². The Kier molecular flexibility index (Phi) is 8.05. The van der Waals surface area contributed by atoms with Crippen molar-refractivity contribution in [1.82, 2.24) is 5.32 Å². The fraction of sp³-hybridized carbons (Fsp3) is 0.222. The van der Waals surface area contributed by atoms with E-state index in [1.807, 2.05) is 61.5 Å². The van der Waals surface area contributed by atoms with Gasteiger partial charge in [-0.1, -0.05) is 54.6 Å². The van der Waals surface area contributed by atoms with Crippen LogP contribution in [0, 0.1) is 0 Å². The summed E-state index contributed by atoms with van der Waals surface area (Å²) in [4.78, 5) is 40.8. The molecule has 0 aromatic heterocycles. The van der Waals surface area contributed by atoms with Crippen molar-refractivity contribution in [3.05, 3.63) is 90.0 Å². The zero-order chi connectivity index (χ0) is 24.6. The maximum Gasteiger partial charge on any atom is 0.325 e. The average Bonchev–Trinajstić information content (AvgIpc) is 2.90. The van der Waals surface area contributed by atoms with Gasteiger partial charge >= 0.3 is 5.97 Å². The Morgan fingerprint density at radius 1 is 0.971 bits per heavy atom. The Hall–Kier alpha value is -3.78. The third-order valence-electron chi connectivity index (χ3n) is 5.47. The zero-order valence-electron chi connectivity index (χ0n) is 19.3. The highest BCUT2D eigenvalue weighted by Gasteiger charge is 2.32. The number of anilines is 1. The van der Waals surface area contributed by atoms with E-state index in [2.05, 4.69) is 5.32 Å². The molecule has 0 aliphatic carbocycles. The van der Waals surface area contributed by atoms with Crippen LogP contribution in [0.2, 0.25) is 0 Å². The molecular weight excluding hydrogens is 464 g/mol. The van der Waals surface area contributed by atoms with Gasteiger partial charge in [0.1, 0.15) is 12.3 Å².